The Morgan fingerprint density at radius 3 is 2.20 bits per heavy atom. The van der Waals surface area contributed by atoms with Crippen LogP contribution in [0.1, 0.15) is 15.9 Å². The van der Waals surface area contributed by atoms with Crippen molar-refractivity contribution in [2.75, 3.05) is 5.32 Å². The number of nitrogens with one attached hydrogen (secondary N) is 1. The predicted molar refractivity (Wildman–Crippen MR) is 83.6 cm³/mol. The number of halogens is 6. The SMILES string of the molecule is Cc1cc2sc(NC(=O)c3c(F)c(F)c(F)c(F)c3F)nc2cc1Cl. The second-order valence-electron chi connectivity index (χ2n) is 4.99. The molecule has 0 spiro atoms. The minimum absolute atomic E-state index is 0.0781. The number of anilines is 1. The van der Waals surface area contributed by atoms with E-state index in [1.807, 2.05) is 5.32 Å². The van der Waals surface area contributed by atoms with Crippen LogP contribution in [0.15, 0.2) is 12.1 Å². The van der Waals surface area contributed by atoms with Crippen LogP contribution in [0.2, 0.25) is 5.02 Å². The number of aryl methyl sites for hydroxylation is 1. The number of carbonyl (C=O) groups is 1. The van der Waals surface area contributed by atoms with E-state index in [1.165, 1.54) is 6.07 Å². The Bertz CT molecular complexity index is 969. The van der Waals surface area contributed by atoms with E-state index in [-0.39, 0.29) is 5.13 Å². The Morgan fingerprint density at radius 1 is 1.04 bits per heavy atom. The quantitative estimate of drug-likeness (QED) is 0.370. The average molecular weight is 393 g/mol. The molecule has 0 aliphatic rings. The Balaban J connectivity index is 2.01. The number of aromatic nitrogens is 1. The van der Waals surface area contributed by atoms with Gasteiger partial charge in [-0.1, -0.05) is 22.9 Å². The maximum atomic E-state index is 13.6. The van der Waals surface area contributed by atoms with Gasteiger partial charge in [-0.25, -0.2) is 26.9 Å². The lowest BCUT2D eigenvalue weighted by atomic mass is 10.1. The largest absolute Gasteiger partial charge is 0.298 e. The van der Waals surface area contributed by atoms with Crippen molar-refractivity contribution in [2.24, 2.45) is 0 Å². The lowest BCUT2D eigenvalue weighted by Crippen LogP contribution is -2.19. The summed E-state index contributed by atoms with van der Waals surface area (Å²) in [7, 11) is 0. The smallest absolute Gasteiger partial charge is 0.263 e. The first-order valence-corrected chi connectivity index (χ1v) is 7.79. The molecule has 0 saturated carbocycles. The molecule has 2 aromatic carbocycles. The maximum Gasteiger partial charge on any atom is 0.263 e. The first kappa shape index (κ1) is 17.6. The third kappa shape index (κ3) is 2.93. The highest BCUT2D eigenvalue weighted by molar-refractivity contribution is 7.22. The number of hydrogen-bond acceptors (Lipinski definition) is 3. The Kier molecular flexibility index (Phi) is 4.38. The summed E-state index contributed by atoms with van der Waals surface area (Å²) in [5.41, 5.74) is -0.423. The highest BCUT2D eigenvalue weighted by Gasteiger charge is 2.30. The zero-order chi connectivity index (χ0) is 18.5. The second kappa shape index (κ2) is 6.23. The van der Waals surface area contributed by atoms with Crippen molar-refractivity contribution in [1.29, 1.82) is 0 Å². The summed E-state index contributed by atoms with van der Waals surface area (Å²) in [5.74, 6) is -12.7. The van der Waals surface area contributed by atoms with Crippen LogP contribution in [-0.4, -0.2) is 10.9 Å². The fourth-order valence-electron chi connectivity index (χ4n) is 2.07. The van der Waals surface area contributed by atoms with Gasteiger partial charge in [0.05, 0.1) is 10.2 Å². The number of thiazole rings is 1. The van der Waals surface area contributed by atoms with Crippen LogP contribution >= 0.6 is 22.9 Å². The van der Waals surface area contributed by atoms with Gasteiger partial charge in [0.1, 0.15) is 5.56 Å². The minimum Gasteiger partial charge on any atom is -0.298 e. The van der Waals surface area contributed by atoms with Crippen molar-refractivity contribution in [3.63, 3.8) is 0 Å². The molecule has 1 aromatic heterocycles. The molecular weight excluding hydrogens is 387 g/mol. The van der Waals surface area contributed by atoms with Gasteiger partial charge in [-0.15, -0.1) is 0 Å². The van der Waals surface area contributed by atoms with Crippen LogP contribution in [0.3, 0.4) is 0 Å². The molecule has 0 saturated heterocycles. The van der Waals surface area contributed by atoms with Gasteiger partial charge in [-0.2, -0.15) is 0 Å². The molecule has 3 nitrogen and oxygen atoms in total. The van der Waals surface area contributed by atoms with Gasteiger partial charge in [-0.3, -0.25) is 10.1 Å². The van der Waals surface area contributed by atoms with Gasteiger partial charge in [0.15, 0.2) is 28.4 Å². The minimum atomic E-state index is -2.34. The van der Waals surface area contributed by atoms with Crippen LogP contribution < -0.4 is 5.32 Å². The monoisotopic (exact) mass is 392 g/mol. The molecule has 0 aliphatic carbocycles. The van der Waals surface area contributed by atoms with Gasteiger partial charge in [0.25, 0.3) is 5.91 Å². The van der Waals surface area contributed by atoms with Crippen LogP contribution in [0, 0.1) is 36.0 Å². The van der Waals surface area contributed by atoms with Crippen molar-refractivity contribution >= 4 is 44.2 Å². The van der Waals surface area contributed by atoms with E-state index < -0.39 is 40.6 Å². The molecule has 0 unspecified atom stereocenters. The summed E-state index contributed by atoms with van der Waals surface area (Å²) < 4.78 is 67.3. The number of hydrogen-bond donors (Lipinski definition) is 1. The van der Waals surface area contributed by atoms with Gasteiger partial charge in [0, 0.05) is 5.02 Å². The summed E-state index contributed by atoms with van der Waals surface area (Å²) in [6.07, 6.45) is 0. The number of benzene rings is 2. The van der Waals surface area contributed by atoms with E-state index in [1.54, 1.807) is 13.0 Å². The summed E-state index contributed by atoms with van der Waals surface area (Å²) in [6.45, 7) is 1.74. The molecule has 25 heavy (non-hydrogen) atoms. The molecule has 0 bridgehead atoms. The molecule has 3 aromatic rings. The normalized spacial score (nSPS) is 11.2. The summed E-state index contributed by atoms with van der Waals surface area (Å²) in [4.78, 5) is 16.0. The number of amides is 1. The van der Waals surface area contributed by atoms with Gasteiger partial charge in [0.2, 0.25) is 5.82 Å². The molecule has 3 rings (SSSR count). The van der Waals surface area contributed by atoms with Crippen molar-refractivity contribution in [2.45, 2.75) is 6.92 Å². The molecule has 0 radical (unpaired) electrons. The van der Waals surface area contributed by atoms with E-state index in [0.29, 0.717) is 15.2 Å². The molecule has 1 amide bonds. The summed E-state index contributed by atoms with van der Waals surface area (Å²) in [5, 5.41) is 2.38. The number of nitrogens with zero attached hydrogens (tertiary/aromatic N) is 1. The Labute approximate surface area is 146 Å². The predicted octanol–water partition coefficient (Wildman–Crippen LogP) is 5.21. The Morgan fingerprint density at radius 2 is 1.60 bits per heavy atom. The van der Waals surface area contributed by atoms with E-state index in [2.05, 4.69) is 4.98 Å². The first-order valence-electron chi connectivity index (χ1n) is 6.60. The van der Waals surface area contributed by atoms with Gasteiger partial charge in [-0.05, 0) is 24.6 Å². The zero-order valence-corrected chi connectivity index (χ0v) is 13.8. The molecule has 0 aliphatic heterocycles. The molecular formula is C15H6ClF5N2OS. The maximum absolute atomic E-state index is 13.6. The molecule has 130 valence electrons. The average Bonchev–Trinajstić information content (AvgIpc) is 2.92. The van der Waals surface area contributed by atoms with Crippen molar-refractivity contribution in [3.8, 4) is 0 Å². The molecule has 1 N–H and O–H groups in total. The third-order valence-corrected chi connectivity index (χ3v) is 4.67. The second-order valence-corrected chi connectivity index (χ2v) is 6.43. The fraction of sp³-hybridized carbons (Fsp3) is 0.0667. The highest BCUT2D eigenvalue weighted by atomic mass is 35.5. The van der Waals surface area contributed by atoms with Gasteiger partial charge < -0.3 is 0 Å². The van der Waals surface area contributed by atoms with Crippen LogP contribution in [0.5, 0.6) is 0 Å². The van der Waals surface area contributed by atoms with E-state index >= 15 is 0 Å². The molecule has 0 fully saturated rings. The number of fused-ring (bicyclic) bond motifs is 1. The number of carbonyl (C=O) groups excluding carboxylic acids is 1. The van der Waals surface area contributed by atoms with Crippen LogP contribution in [0.25, 0.3) is 10.2 Å². The Hall–Kier alpha value is -2.26. The molecule has 1 heterocycles. The molecule has 10 heteroatoms. The van der Waals surface area contributed by atoms with E-state index in [9.17, 15) is 26.7 Å². The van der Waals surface area contributed by atoms with E-state index in [4.69, 9.17) is 11.6 Å². The summed E-state index contributed by atoms with van der Waals surface area (Å²) in [6, 6.07) is 3.21. The van der Waals surface area contributed by atoms with Crippen molar-refractivity contribution in [1.82, 2.24) is 4.98 Å². The third-order valence-electron chi connectivity index (χ3n) is 3.33. The lowest BCUT2D eigenvalue weighted by molar-refractivity contribution is 0.101. The zero-order valence-electron chi connectivity index (χ0n) is 12.2. The van der Waals surface area contributed by atoms with Crippen LogP contribution in [0.4, 0.5) is 27.1 Å². The van der Waals surface area contributed by atoms with Crippen molar-refractivity contribution < 1.29 is 26.7 Å². The van der Waals surface area contributed by atoms with E-state index in [0.717, 1.165) is 16.9 Å². The topological polar surface area (TPSA) is 42.0 Å². The highest BCUT2D eigenvalue weighted by Crippen LogP contribution is 2.31. The van der Waals surface area contributed by atoms with Gasteiger partial charge >= 0.3 is 0 Å². The molecule has 0 atom stereocenters. The van der Waals surface area contributed by atoms with Crippen LogP contribution in [-0.2, 0) is 0 Å². The fourth-order valence-corrected chi connectivity index (χ4v) is 3.17. The number of rotatable bonds is 2. The standard InChI is InChI=1S/C15H6ClF5N2OS/c1-4-2-7-6(3-5(4)16)22-15(25-7)23-14(24)8-9(17)11(19)13(21)12(20)10(8)18/h2-3H,1H3,(H,22,23,24). The lowest BCUT2D eigenvalue weighted by Gasteiger charge is -2.07. The summed E-state index contributed by atoms with van der Waals surface area (Å²) >= 11 is 6.91. The van der Waals surface area contributed by atoms with Crippen molar-refractivity contribution in [3.05, 3.63) is 57.4 Å². The first-order chi connectivity index (χ1) is 11.7.